The fourth-order valence-electron chi connectivity index (χ4n) is 4.47. The first-order valence-corrected chi connectivity index (χ1v) is 11.1. The Morgan fingerprint density at radius 2 is 1.94 bits per heavy atom. The number of nitrogens with one attached hydrogen (secondary N) is 1. The molecule has 0 radical (unpaired) electrons. The molecule has 1 heterocycles. The summed E-state index contributed by atoms with van der Waals surface area (Å²) in [6.45, 7) is 3.46. The molecular formula is C24H28Cl2N2O4. The Kier molecular flexibility index (Phi) is 7.70. The van der Waals surface area contributed by atoms with E-state index in [4.69, 9.17) is 21.4 Å². The Balaban J connectivity index is 0.00000289. The molecule has 1 amide bonds. The first-order valence-electron chi connectivity index (χ1n) is 10.7. The number of carboxylic acids is 1. The standard InChI is InChI=1S/C24H27ClN2O4.ClH/c1-16(17-6-8-18(9-7-17)22(28)29)26-23(30)24(11-3-12-24)27-13-10-21(15-27)31-20-5-2-4-19(25)14-20;/h2,4-9,14,16,21H,3,10-13,15H2,1H3,(H,26,30)(H,28,29);1H/t16-,21+;/m0./s1. The van der Waals surface area contributed by atoms with Crippen molar-refractivity contribution < 1.29 is 19.4 Å². The molecule has 2 aliphatic rings. The molecule has 172 valence electrons. The number of carboxylic acid groups (broad SMARTS) is 1. The Morgan fingerprint density at radius 3 is 2.53 bits per heavy atom. The second kappa shape index (κ2) is 10.1. The van der Waals surface area contributed by atoms with Gasteiger partial charge in [0.2, 0.25) is 5.91 Å². The van der Waals surface area contributed by atoms with E-state index < -0.39 is 11.5 Å². The molecule has 2 N–H and O–H groups in total. The molecule has 4 rings (SSSR count). The topological polar surface area (TPSA) is 78.9 Å². The highest BCUT2D eigenvalue weighted by atomic mass is 35.5. The van der Waals surface area contributed by atoms with Crippen LogP contribution in [0.5, 0.6) is 5.75 Å². The smallest absolute Gasteiger partial charge is 0.335 e. The van der Waals surface area contributed by atoms with Crippen LogP contribution in [-0.4, -0.2) is 46.6 Å². The van der Waals surface area contributed by atoms with Crippen molar-refractivity contribution >= 4 is 35.9 Å². The number of aromatic carboxylic acids is 1. The van der Waals surface area contributed by atoms with Crippen molar-refractivity contribution in [3.05, 3.63) is 64.7 Å². The van der Waals surface area contributed by atoms with E-state index in [-0.39, 0.29) is 36.0 Å². The number of halogens is 2. The zero-order chi connectivity index (χ0) is 22.0. The third-order valence-electron chi connectivity index (χ3n) is 6.46. The Bertz CT molecular complexity index is 963. The van der Waals surface area contributed by atoms with Gasteiger partial charge in [0.1, 0.15) is 17.4 Å². The van der Waals surface area contributed by atoms with Crippen LogP contribution in [0.25, 0.3) is 0 Å². The summed E-state index contributed by atoms with van der Waals surface area (Å²) in [6, 6.07) is 13.9. The normalized spacial score (nSPS) is 20.5. The van der Waals surface area contributed by atoms with Crippen molar-refractivity contribution in [2.75, 3.05) is 13.1 Å². The average Bonchev–Trinajstić information content (AvgIpc) is 3.15. The maximum atomic E-state index is 13.3. The highest BCUT2D eigenvalue weighted by Crippen LogP contribution is 2.41. The van der Waals surface area contributed by atoms with Crippen LogP contribution >= 0.6 is 24.0 Å². The Morgan fingerprint density at radius 1 is 1.22 bits per heavy atom. The summed E-state index contributed by atoms with van der Waals surface area (Å²) in [6.07, 6.45) is 3.62. The molecule has 2 aromatic rings. The lowest BCUT2D eigenvalue weighted by Crippen LogP contribution is -2.62. The number of likely N-dealkylation sites (tertiary alicyclic amines) is 1. The summed E-state index contributed by atoms with van der Waals surface area (Å²) in [5.41, 5.74) is 0.638. The van der Waals surface area contributed by atoms with Gasteiger partial charge in [-0.25, -0.2) is 4.79 Å². The van der Waals surface area contributed by atoms with E-state index in [1.807, 2.05) is 31.2 Å². The number of nitrogens with zero attached hydrogens (tertiary/aromatic N) is 1. The lowest BCUT2D eigenvalue weighted by molar-refractivity contribution is -0.139. The number of rotatable bonds is 7. The van der Waals surface area contributed by atoms with Gasteiger partial charge < -0.3 is 15.2 Å². The van der Waals surface area contributed by atoms with Gasteiger partial charge in [-0.1, -0.05) is 29.8 Å². The molecule has 6 nitrogen and oxygen atoms in total. The van der Waals surface area contributed by atoms with Gasteiger partial charge in [0.15, 0.2) is 0 Å². The van der Waals surface area contributed by atoms with Crippen LogP contribution in [-0.2, 0) is 4.79 Å². The first kappa shape index (κ1) is 24.4. The lowest BCUT2D eigenvalue weighted by atomic mass is 9.74. The van der Waals surface area contributed by atoms with Gasteiger partial charge in [-0.2, -0.15) is 0 Å². The van der Waals surface area contributed by atoms with E-state index in [1.54, 1.807) is 24.3 Å². The summed E-state index contributed by atoms with van der Waals surface area (Å²) in [5.74, 6) is -0.165. The van der Waals surface area contributed by atoms with Crippen LogP contribution in [0.3, 0.4) is 0 Å². The van der Waals surface area contributed by atoms with Gasteiger partial charge in [0.05, 0.1) is 11.6 Å². The molecular weight excluding hydrogens is 451 g/mol. The molecule has 2 aromatic carbocycles. The molecule has 2 atom stereocenters. The zero-order valence-electron chi connectivity index (χ0n) is 17.9. The number of carbonyl (C=O) groups is 2. The van der Waals surface area contributed by atoms with E-state index in [2.05, 4.69) is 10.2 Å². The maximum absolute atomic E-state index is 13.3. The second-order valence-corrected chi connectivity index (χ2v) is 8.88. The highest BCUT2D eigenvalue weighted by Gasteiger charge is 2.51. The van der Waals surface area contributed by atoms with Crippen molar-refractivity contribution in [2.45, 2.75) is 50.3 Å². The molecule has 32 heavy (non-hydrogen) atoms. The number of benzene rings is 2. The van der Waals surface area contributed by atoms with Crippen molar-refractivity contribution in [3.8, 4) is 5.75 Å². The van der Waals surface area contributed by atoms with E-state index in [0.717, 1.165) is 43.5 Å². The molecule has 0 unspecified atom stereocenters. The molecule has 0 spiro atoms. The maximum Gasteiger partial charge on any atom is 0.335 e. The van der Waals surface area contributed by atoms with Crippen molar-refractivity contribution in [2.24, 2.45) is 0 Å². The minimum Gasteiger partial charge on any atom is -0.489 e. The first-order chi connectivity index (χ1) is 14.9. The minimum absolute atomic E-state index is 0. The van der Waals surface area contributed by atoms with Gasteiger partial charge in [0, 0.05) is 18.1 Å². The van der Waals surface area contributed by atoms with Crippen LogP contribution < -0.4 is 10.1 Å². The average molecular weight is 479 g/mol. The fourth-order valence-corrected chi connectivity index (χ4v) is 4.65. The quantitative estimate of drug-likeness (QED) is 0.601. The third kappa shape index (κ3) is 5.03. The number of carbonyl (C=O) groups excluding carboxylic acids is 1. The summed E-state index contributed by atoms with van der Waals surface area (Å²) >= 11 is 6.06. The van der Waals surface area contributed by atoms with Gasteiger partial charge in [-0.15, -0.1) is 12.4 Å². The highest BCUT2D eigenvalue weighted by molar-refractivity contribution is 6.30. The molecule has 1 aliphatic heterocycles. The van der Waals surface area contributed by atoms with E-state index >= 15 is 0 Å². The molecule has 2 fully saturated rings. The molecule has 1 aliphatic carbocycles. The van der Waals surface area contributed by atoms with Gasteiger partial charge >= 0.3 is 5.97 Å². The number of hydrogen-bond donors (Lipinski definition) is 2. The molecule has 0 aromatic heterocycles. The van der Waals surface area contributed by atoms with E-state index in [9.17, 15) is 9.59 Å². The van der Waals surface area contributed by atoms with Crippen molar-refractivity contribution in [1.82, 2.24) is 10.2 Å². The SMILES string of the molecule is C[C@H](NC(=O)C1(N2CC[C@@H](Oc3cccc(Cl)c3)C2)CCC1)c1ccc(C(=O)O)cc1.Cl. The van der Waals surface area contributed by atoms with E-state index in [1.165, 1.54) is 0 Å². The monoisotopic (exact) mass is 478 g/mol. The lowest BCUT2D eigenvalue weighted by Gasteiger charge is -2.47. The summed E-state index contributed by atoms with van der Waals surface area (Å²) in [4.78, 5) is 26.6. The van der Waals surface area contributed by atoms with Gasteiger partial charge in [0.25, 0.3) is 0 Å². The van der Waals surface area contributed by atoms with Crippen molar-refractivity contribution in [3.63, 3.8) is 0 Å². The van der Waals surface area contributed by atoms with E-state index in [0.29, 0.717) is 11.6 Å². The predicted octanol–water partition coefficient (Wildman–Crippen LogP) is 4.71. The largest absolute Gasteiger partial charge is 0.489 e. The minimum atomic E-state index is -0.958. The second-order valence-electron chi connectivity index (χ2n) is 8.44. The van der Waals surface area contributed by atoms with Crippen LogP contribution in [0.15, 0.2) is 48.5 Å². The number of hydrogen-bond acceptors (Lipinski definition) is 4. The fraction of sp³-hybridized carbons (Fsp3) is 0.417. The predicted molar refractivity (Wildman–Crippen MR) is 126 cm³/mol. The summed E-state index contributed by atoms with van der Waals surface area (Å²) in [5, 5.41) is 12.9. The molecule has 8 heteroatoms. The molecule has 1 saturated heterocycles. The van der Waals surface area contributed by atoms with Crippen LogP contribution in [0.2, 0.25) is 5.02 Å². The van der Waals surface area contributed by atoms with Crippen LogP contribution in [0.1, 0.15) is 54.6 Å². The van der Waals surface area contributed by atoms with Crippen molar-refractivity contribution in [1.29, 1.82) is 0 Å². The van der Waals surface area contributed by atoms with Gasteiger partial charge in [-0.05, 0) is 68.5 Å². The Hall–Kier alpha value is -2.28. The van der Waals surface area contributed by atoms with Gasteiger partial charge in [-0.3, -0.25) is 9.69 Å². The Labute approximate surface area is 199 Å². The zero-order valence-corrected chi connectivity index (χ0v) is 19.5. The van der Waals surface area contributed by atoms with Crippen LogP contribution in [0.4, 0.5) is 0 Å². The molecule has 0 bridgehead atoms. The number of amides is 1. The summed E-state index contributed by atoms with van der Waals surface area (Å²) in [7, 11) is 0. The summed E-state index contributed by atoms with van der Waals surface area (Å²) < 4.78 is 6.11. The third-order valence-corrected chi connectivity index (χ3v) is 6.69. The molecule has 1 saturated carbocycles. The number of ether oxygens (including phenoxy) is 1. The van der Waals surface area contributed by atoms with Crippen LogP contribution in [0, 0.1) is 0 Å².